The summed E-state index contributed by atoms with van der Waals surface area (Å²) in [5.74, 6) is 1.51. The van der Waals surface area contributed by atoms with Gasteiger partial charge in [0, 0.05) is 6.54 Å². The molecule has 4 heteroatoms. The molecule has 152 valence electrons. The summed E-state index contributed by atoms with van der Waals surface area (Å²) >= 11 is 0. The summed E-state index contributed by atoms with van der Waals surface area (Å²) in [6.07, 6.45) is 1.27. The van der Waals surface area contributed by atoms with Crippen molar-refractivity contribution < 1.29 is 14.3 Å². The number of hydrogen-bond acceptors (Lipinski definition) is 3. The molecule has 0 radical (unpaired) electrons. The van der Waals surface area contributed by atoms with E-state index in [9.17, 15) is 4.79 Å². The Hall–Kier alpha value is -2.49. The molecule has 1 amide bonds. The number of hydrogen-bond donors (Lipinski definition) is 1. The average molecular weight is 384 g/mol. The molecule has 0 aliphatic carbocycles. The van der Waals surface area contributed by atoms with Crippen LogP contribution in [-0.2, 0) is 16.6 Å². The van der Waals surface area contributed by atoms with Crippen LogP contribution in [0.25, 0.3) is 0 Å². The van der Waals surface area contributed by atoms with Gasteiger partial charge in [-0.2, -0.15) is 0 Å². The summed E-state index contributed by atoms with van der Waals surface area (Å²) in [7, 11) is 0. The molecule has 2 aromatic rings. The minimum Gasteiger partial charge on any atom is -0.494 e. The zero-order valence-corrected chi connectivity index (χ0v) is 17.7. The number of benzene rings is 2. The molecule has 0 aliphatic heterocycles. The smallest absolute Gasteiger partial charge is 0.260 e. The Bertz CT molecular complexity index is 730. The van der Waals surface area contributed by atoms with Crippen LogP contribution in [0.15, 0.2) is 48.5 Å². The average Bonchev–Trinajstić information content (AvgIpc) is 2.66. The van der Waals surface area contributed by atoms with E-state index >= 15 is 0 Å². The zero-order chi connectivity index (χ0) is 20.6. The van der Waals surface area contributed by atoms with Crippen molar-refractivity contribution in [3.05, 3.63) is 59.7 Å². The molecule has 1 N–H and O–H groups in total. The SMILES string of the molecule is CCOc1ccc(CCCNC(=O)[C@@H](C)Oc2ccc(C(C)(C)C)cc2)cc1. The van der Waals surface area contributed by atoms with Crippen LogP contribution < -0.4 is 14.8 Å². The van der Waals surface area contributed by atoms with E-state index in [-0.39, 0.29) is 11.3 Å². The van der Waals surface area contributed by atoms with Gasteiger partial charge >= 0.3 is 0 Å². The van der Waals surface area contributed by atoms with Gasteiger partial charge in [-0.05, 0) is 67.5 Å². The van der Waals surface area contributed by atoms with Crippen LogP contribution >= 0.6 is 0 Å². The Kier molecular flexibility index (Phi) is 7.91. The maximum atomic E-state index is 12.2. The molecule has 0 saturated carbocycles. The highest BCUT2D eigenvalue weighted by Gasteiger charge is 2.16. The molecular weight excluding hydrogens is 350 g/mol. The fraction of sp³-hybridized carbons (Fsp3) is 0.458. The third kappa shape index (κ3) is 6.91. The Labute approximate surface area is 169 Å². The number of carbonyl (C=O) groups is 1. The van der Waals surface area contributed by atoms with E-state index in [0.29, 0.717) is 18.9 Å². The molecule has 2 aromatic carbocycles. The fourth-order valence-electron chi connectivity index (χ4n) is 2.86. The zero-order valence-electron chi connectivity index (χ0n) is 17.7. The van der Waals surface area contributed by atoms with Gasteiger partial charge in [0.25, 0.3) is 5.91 Å². The fourth-order valence-corrected chi connectivity index (χ4v) is 2.86. The van der Waals surface area contributed by atoms with Crippen LogP contribution in [-0.4, -0.2) is 25.2 Å². The van der Waals surface area contributed by atoms with Crippen molar-refractivity contribution >= 4 is 5.91 Å². The number of aryl methyl sites for hydroxylation is 1. The van der Waals surface area contributed by atoms with E-state index in [4.69, 9.17) is 9.47 Å². The predicted octanol–water partition coefficient (Wildman–Crippen LogP) is 4.90. The maximum absolute atomic E-state index is 12.2. The van der Waals surface area contributed by atoms with Crippen molar-refractivity contribution in [2.75, 3.05) is 13.2 Å². The topological polar surface area (TPSA) is 47.6 Å². The van der Waals surface area contributed by atoms with Crippen LogP contribution in [0, 0.1) is 0 Å². The number of nitrogens with one attached hydrogen (secondary N) is 1. The van der Waals surface area contributed by atoms with Crippen molar-refractivity contribution in [3.8, 4) is 11.5 Å². The number of ether oxygens (including phenoxy) is 2. The van der Waals surface area contributed by atoms with Crippen molar-refractivity contribution in [2.24, 2.45) is 0 Å². The molecule has 0 unspecified atom stereocenters. The standard InChI is InChI=1S/C24H33NO3/c1-6-27-21-13-9-19(10-14-21)8-7-17-25-23(26)18(2)28-22-15-11-20(12-16-22)24(3,4)5/h9-16,18H,6-8,17H2,1-5H3,(H,25,26)/t18-/m1/s1. The first-order valence-electron chi connectivity index (χ1n) is 10.1. The lowest BCUT2D eigenvalue weighted by Crippen LogP contribution is -2.36. The third-order valence-electron chi connectivity index (χ3n) is 4.58. The molecule has 0 aromatic heterocycles. The second-order valence-electron chi connectivity index (χ2n) is 8.01. The van der Waals surface area contributed by atoms with E-state index in [1.165, 1.54) is 11.1 Å². The van der Waals surface area contributed by atoms with Crippen molar-refractivity contribution in [1.29, 1.82) is 0 Å². The van der Waals surface area contributed by atoms with E-state index in [0.717, 1.165) is 18.6 Å². The maximum Gasteiger partial charge on any atom is 0.260 e. The lowest BCUT2D eigenvalue weighted by Gasteiger charge is -2.20. The highest BCUT2D eigenvalue weighted by atomic mass is 16.5. The molecule has 28 heavy (non-hydrogen) atoms. The Balaban J connectivity index is 1.72. The summed E-state index contributed by atoms with van der Waals surface area (Å²) < 4.78 is 11.2. The van der Waals surface area contributed by atoms with Crippen LogP contribution in [0.4, 0.5) is 0 Å². The number of rotatable bonds is 9. The third-order valence-corrected chi connectivity index (χ3v) is 4.58. The van der Waals surface area contributed by atoms with Crippen molar-refractivity contribution in [1.82, 2.24) is 5.32 Å². The molecule has 1 atom stereocenters. The van der Waals surface area contributed by atoms with Crippen LogP contribution in [0.1, 0.15) is 52.2 Å². The quantitative estimate of drug-likeness (QED) is 0.627. The largest absolute Gasteiger partial charge is 0.494 e. The van der Waals surface area contributed by atoms with Gasteiger partial charge in [-0.3, -0.25) is 4.79 Å². The molecule has 4 nitrogen and oxygen atoms in total. The summed E-state index contributed by atoms with van der Waals surface area (Å²) in [5.41, 5.74) is 2.58. The molecule has 2 rings (SSSR count). The lowest BCUT2D eigenvalue weighted by molar-refractivity contribution is -0.127. The first kappa shape index (κ1) is 21.8. The molecule has 0 aliphatic rings. The lowest BCUT2D eigenvalue weighted by atomic mass is 9.87. The van der Waals surface area contributed by atoms with Gasteiger partial charge in [-0.25, -0.2) is 0 Å². The van der Waals surface area contributed by atoms with Gasteiger partial charge in [-0.15, -0.1) is 0 Å². The van der Waals surface area contributed by atoms with E-state index in [1.807, 2.05) is 31.2 Å². The monoisotopic (exact) mass is 383 g/mol. The Morgan fingerprint density at radius 3 is 2.18 bits per heavy atom. The molecule has 0 bridgehead atoms. The second-order valence-corrected chi connectivity index (χ2v) is 8.01. The first-order chi connectivity index (χ1) is 13.3. The highest BCUT2D eigenvalue weighted by molar-refractivity contribution is 5.80. The van der Waals surface area contributed by atoms with E-state index in [2.05, 4.69) is 50.4 Å². The summed E-state index contributed by atoms with van der Waals surface area (Å²) in [4.78, 5) is 12.2. The van der Waals surface area contributed by atoms with Gasteiger partial charge in [0.15, 0.2) is 6.10 Å². The van der Waals surface area contributed by atoms with Gasteiger partial charge in [0.1, 0.15) is 11.5 Å². The summed E-state index contributed by atoms with van der Waals surface area (Å²) in [6, 6.07) is 16.1. The Morgan fingerprint density at radius 2 is 1.61 bits per heavy atom. The van der Waals surface area contributed by atoms with Crippen LogP contribution in [0.2, 0.25) is 0 Å². The van der Waals surface area contributed by atoms with E-state index < -0.39 is 6.10 Å². The number of amides is 1. The normalized spacial score (nSPS) is 12.3. The molecule has 0 heterocycles. The first-order valence-corrected chi connectivity index (χ1v) is 10.1. The molecule has 0 spiro atoms. The van der Waals surface area contributed by atoms with Crippen molar-refractivity contribution in [2.45, 2.75) is 59.0 Å². The van der Waals surface area contributed by atoms with Gasteiger partial charge in [-0.1, -0.05) is 45.0 Å². The second kappa shape index (κ2) is 10.2. The molecular formula is C24H33NO3. The minimum atomic E-state index is -0.522. The van der Waals surface area contributed by atoms with E-state index in [1.54, 1.807) is 6.92 Å². The number of carbonyl (C=O) groups excluding carboxylic acids is 1. The molecule has 0 saturated heterocycles. The van der Waals surface area contributed by atoms with Gasteiger partial charge in [0.2, 0.25) is 0 Å². The summed E-state index contributed by atoms with van der Waals surface area (Å²) in [6.45, 7) is 11.6. The van der Waals surface area contributed by atoms with Crippen LogP contribution in [0.5, 0.6) is 11.5 Å². The Morgan fingerprint density at radius 1 is 1.00 bits per heavy atom. The van der Waals surface area contributed by atoms with Gasteiger partial charge in [0.05, 0.1) is 6.61 Å². The van der Waals surface area contributed by atoms with Crippen LogP contribution in [0.3, 0.4) is 0 Å². The minimum absolute atomic E-state index is 0.0911. The molecule has 0 fully saturated rings. The summed E-state index contributed by atoms with van der Waals surface area (Å²) in [5, 5.41) is 2.95. The van der Waals surface area contributed by atoms with Gasteiger partial charge < -0.3 is 14.8 Å². The predicted molar refractivity (Wildman–Crippen MR) is 114 cm³/mol. The van der Waals surface area contributed by atoms with Crippen molar-refractivity contribution in [3.63, 3.8) is 0 Å². The highest BCUT2D eigenvalue weighted by Crippen LogP contribution is 2.24.